The van der Waals surface area contributed by atoms with Crippen LogP contribution in [-0.2, 0) is 0 Å². The summed E-state index contributed by atoms with van der Waals surface area (Å²) in [6, 6.07) is 23.8. The average Bonchev–Trinajstić information content (AvgIpc) is 1.62. The lowest BCUT2D eigenvalue weighted by Crippen LogP contribution is -2.03. The van der Waals surface area contributed by atoms with E-state index in [1.165, 1.54) is 25.4 Å². The second-order valence-electron chi connectivity index (χ2n) is 21.1. The van der Waals surface area contributed by atoms with Gasteiger partial charge in [-0.25, -0.2) is 74.2 Å². The number of aromatic nitrogens is 14. The van der Waals surface area contributed by atoms with Crippen molar-refractivity contribution in [2.45, 2.75) is 89.9 Å². The van der Waals surface area contributed by atoms with Crippen molar-refractivity contribution in [3.8, 4) is 34.2 Å². The number of hydrogen-bond donors (Lipinski definition) is 5. The lowest BCUT2D eigenvalue weighted by Gasteiger charge is -2.10. The normalized spacial score (nSPS) is 13.3. The summed E-state index contributed by atoms with van der Waals surface area (Å²) in [5.74, 6) is 3.81. The van der Waals surface area contributed by atoms with E-state index in [-0.39, 0.29) is 45.8 Å². The Balaban J connectivity index is 0.000000140. The van der Waals surface area contributed by atoms with Gasteiger partial charge in [-0.15, -0.1) is 0 Å². The fourth-order valence-corrected chi connectivity index (χ4v) is 10.5. The van der Waals surface area contributed by atoms with Gasteiger partial charge in [0.25, 0.3) is 0 Å². The monoisotopic (exact) mass is 1350 g/mol. The Morgan fingerprint density at radius 2 is 0.947 bits per heavy atom. The van der Waals surface area contributed by atoms with Crippen LogP contribution in [0.2, 0.25) is 26.2 Å². The minimum atomic E-state index is 0. The number of hydrogen-bond acceptors (Lipinski definition) is 17. The van der Waals surface area contributed by atoms with Gasteiger partial charge >= 0.3 is 0 Å². The lowest BCUT2D eigenvalue weighted by atomic mass is 10.2. The molecule has 4 aliphatic carbocycles. The smallest absolute Gasteiger partial charge is 0.224 e. The average molecular weight is 1360 g/mol. The third-order valence-electron chi connectivity index (χ3n) is 14.5. The van der Waals surface area contributed by atoms with Crippen LogP contribution < -0.4 is 21.7 Å². The summed E-state index contributed by atoms with van der Waals surface area (Å²) in [5.41, 5.74) is 18.0. The molecule has 0 radical (unpaired) electrons. The Labute approximate surface area is 565 Å². The Morgan fingerprint density at radius 1 is 0.543 bits per heavy atom. The SMILES string of the molecule is C.CCO.O=Cc1cnc(Cl)nc1Cl.[C-]#[N+]c1ccc(N)c(NC2CC2)c1.[C-]#[N+]c1ccc2nc(-c3cnc(Cl)nc3Cl)n(C3CC3)c2c1.[C-]#[N+]c1ccc2nc(-c3cnc(Cl)nc3NC)n(C3CC3)c2c1.[C-]#[N+]c1ccc2nc(-c3cncnc3NC)n(C3CC3)c2c1. The molecule has 0 unspecified atom stereocenters. The summed E-state index contributed by atoms with van der Waals surface area (Å²) in [5, 5.41) is 17.7. The number of rotatable bonds is 11. The quantitative estimate of drug-likeness (QED) is 0.0265. The van der Waals surface area contributed by atoms with Gasteiger partial charge < -0.3 is 40.5 Å². The zero-order valence-corrected chi connectivity index (χ0v) is 53.7. The molecule has 0 spiro atoms. The van der Waals surface area contributed by atoms with E-state index in [4.69, 9.17) is 105 Å². The number of nitrogen functional groups attached to an aromatic ring is 1. The molecule has 0 amide bonds. The van der Waals surface area contributed by atoms with Crippen LogP contribution in [0.5, 0.6) is 0 Å². The topological polar surface area (TPSA) is 273 Å². The summed E-state index contributed by atoms with van der Waals surface area (Å²) in [7, 11) is 3.64. The number of fused-ring (bicyclic) bond motifs is 3. The number of halogens is 5. The predicted molar refractivity (Wildman–Crippen MR) is 371 cm³/mol. The maximum atomic E-state index is 10.1. The molecule has 0 aliphatic heterocycles. The van der Waals surface area contributed by atoms with Gasteiger partial charge in [-0.3, -0.25) is 4.79 Å². The van der Waals surface area contributed by atoms with E-state index < -0.39 is 0 Å². The largest absolute Gasteiger partial charge is 0.397 e. The lowest BCUT2D eigenvalue weighted by molar-refractivity contribution is 0.112. The van der Waals surface area contributed by atoms with Crippen molar-refractivity contribution < 1.29 is 9.90 Å². The molecule has 4 saturated carbocycles. The van der Waals surface area contributed by atoms with E-state index in [1.807, 2.05) is 49.5 Å². The fourth-order valence-electron chi connectivity index (χ4n) is 9.64. The molecule has 0 atom stereocenters. The first-order chi connectivity index (χ1) is 45.1. The van der Waals surface area contributed by atoms with Gasteiger partial charge in [-0.2, -0.15) is 0 Å². The molecule has 0 bridgehead atoms. The van der Waals surface area contributed by atoms with Crippen molar-refractivity contribution in [2.75, 3.05) is 42.4 Å². The van der Waals surface area contributed by atoms with Crippen molar-refractivity contribution in [1.82, 2.24) is 68.5 Å². The molecule has 0 saturated heterocycles. The maximum Gasteiger partial charge on any atom is 0.224 e. The Bertz CT molecular complexity index is 4760. The second-order valence-corrected chi connectivity index (χ2v) is 22.8. The molecule has 94 heavy (non-hydrogen) atoms. The Kier molecular flexibility index (Phi) is 22.5. The molecule has 4 fully saturated rings. The van der Waals surface area contributed by atoms with E-state index in [2.05, 4.69) is 93.9 Å². The number of benzene rings is 4. The number of imidazole rings is 3. The molecule has 24 nitrogen and oxygen atoms in total. The van der Waals surface area contributed by atoms with Crippen molar-refractivity contribution in [3.63, 3.8) is 0 Å². The molecule has 4 aromatic carbocycles. The molecule has 7 aromatic heterocycles. The Hall–Kier alpha value is -10.2. The highest BCUT2D eigenvalue weighted by atomic mass is 35.5. The van der Waals surface area contributed by atoms with Crippen LogP contribution in [0.15, 0.2) is 104 Å². The van der Waals surface area contributed by atoms with Crippen LogP contribution in [0.3, 0.4) is 0 Å². The highest BCUT2D eigenvalue weighted by Gasteiger charge is 2.33. The number of nitrogens with two attached hydrogens (primary N) is 1. The van der Waals surface area contributed by atoms with Gasteiger partial charge in [-0.1, -0.05) is 54.9 Å². The second kappa shape index (κ2) is 31.0. The number of aliphatic hydroxyl groups excluding tert-OH is 1. The van der Waals surface area contributed by atoms with Crippen molar-refractivity contribution in [1.29, 1.82) is 0 Å². The van der Waals surface area contributed by atoms with Crippen LogP contribution in [0.4, 0.5) is 45.8 Å². The number of anilines is 4. The number of nitrogens with one attached hydrogen (secondary N) is 3. The van der Waals surface area contributed by atoms with E-state index in [1.54, 1.807) is 62.9 Å². The summed E-state index contributed by atoms with van der Waals surface area (Å²) in [4.78, 5) is 70.1. The van der Waals surface area contributed by atoms with Crippen molar-refractivity contribution >= 4 is 143 Å². The van der Waals surface area contributed by atoms with Crippen LogP contribution in [-0.4, -0.2) is 107 Å². The van der Waals surface area contributed by atoms with Crippen LogP contribution >= 0.6 is 58.0 Å². The maximum absolute atomic E-state index is 10.1. The first kappa shape index (κ1) is 68.2. The number of carbonyl (C=O) groups excluding carboxylic acids is 1. The molecular weight excluding hydrogens is 1300 g/mol. The minimum absolute atomic E-state index is 0. The first-order valence-corrected chi connectivity index (χ1v) is 30.9. The zero-order chi connectivity index (χ0) is 65.9. The first-order valence-electron chi connectivity index (χ1n) is 29.0. The predicted octanol–water partition coefficient (Wildman–Crippen LogP) is 16.8. The Morgan fingerprint density at radius 3 is 1.36 bits per heavy atom. The van der Waals surface area contributed by atoms with E-state index >= 15 is 0 Å². The van der Waals surface area contributed by atoms with Crippen LogP contribution in [0.25, 0.3) is 86.6 Å². The zero-order valence-electron chi connectivity index (χ0n) is 49.9. The molecule has 7 heterocycles. The summed E-state index contributed by atoms with van der Waals surface area (Å²) >= 11 is 28.7. The molecule has 6 N–H and O–H groups in total. The highest BCUT2D eigenvalue weighted by molar-refractivity contribution is 6.34. The van der Waals surface area contributed by atoms with Gasteiger partial charge in [0.2, 0.25) is 15.9 Å². The highest BCUT2D eigenvalue weighted by Crippen LogP contribution is 2.46. The van der Waals surface area contributed by atoms with Crippen molar-refractivity contribution in [3.05, 3.63) is 181 Å². The van der Waals surface area contributed by atoms with Gasteiger partial charge in [0.05, 0.1) is 87.3 Å². The van der Waals surface area contributed by atoms with E-state index in [0.717, 1.165) is 117 Å². The standard InChI is InChI=1S/C16H13ClN6.C16H14N6.C15H9Cl2N5.C10H11N3.C5H2Cl2N2O.C2H6O.CH4/c1-18-9-3-6-12-13(7-9)23(10-4-5-10)15(21-12)11-8-20-16(17)22-14(11)19-2;1-17-10-3-6-13-14(7-10)22(11-4-5-11)16(21-13)12-8-19-9-20-15(12)18-2;1-18-8-2-5-11-12(6-8)22(9-3-4-9)14(20-11)10-7-19-15(17)21-13(10)16;1-12-8-4-5-9(11)10(6-8)13-7-2-3-7;6-4-3(2-10)1-8-5(7)9-4;1-2-3;/h3,6-8,10H,4-5H2,2H3,(H,19,20,22);3,6-9,11H,4-5H2,2H3,(H,18,19,20);2,5-7,9H,3-4H2;4-7,13H,2-3,11H2;1-2H;3H,2H2,1H3;1H4. The molecule has 476 valence electrons. The van der Waals surface area contributed by atoms with Gasteiger partial charge in [0.1, 0.15) is 45.7 Å². The molecular formula is C65H59Cl5N22O2. The van der Waals surface area contributed by atoms with Gasteiger partial charge in [0.15, 0.2) is 29.0 Å². The molecule has 15 rings (SSSR count). The molecule has 29 heteroatoms. The summed E-state index contributed by atoms with van der Waals surface area (Å²) in [6.07, 6.45) is 17.5. The van der Waals surface area contributed by atoms with Crippen molar-refractivity contribution in [2.24, 2.45) is 0 Å². The summed E-state index contributed by atoms with van der Waals surface area (Å²) < 4.78 is 6.55. The van der Waals surface area contributed by atoms with Gasteiger partial charge in [-0.05, 0) is 142 Å². The third kappa shape index (κ3) is 16.2. The molecule has 4 aliphatic rings. The van der Waals surface area contributed by atoms with Crippen LogP contribution in [0, 0.1) is 26.3 Å². The third-order valence-corrected chi connectivity index (χ3v) is 15.6. The molecule has 11 aromatic rings. The van der Waals surface area contributed by atoms with Crippen LogP contribution in [0.1, 0.15) is 94.2 Å². The van der Waals surface area contributed by atoms with Gasteiger partial charge in [0, 0.05) is 75.3 Å². The summed E-state index contributed by atoms with van der Waals surface area (Å²) in [6.45, 7) is 30.4. The van der Waals surface area contributed by atoms with E-state index in [9.17, 15) is 4.79 Å². The number of aldehydes is 1. The number of carbonyl (C=O) groups is 1. The fraction of sp³-hybridized carbons (Fsp3) is 0.262. The number of aliphatic hydroxyl groups is 1. The number of nitrogens with zero attached hydrogens (tertiary/aromatic N) is 18. The minimum Gasteiger partial charge on any atom is -0.397 e. The van der Waals surface area contributed by atoms with E-state index in [0.29, 0.717) is 64.6 Å².